The van der Waals surface area contributed by atoms with Crippen LogP contribution in [0.1, 0.15) is 22.6 Å². The van der Waals surface area contributed by atoms with Gasteiger partial charge < -0.3 is 20.5 Å². The molecule has 0 aliphatic carbocycles. The SMILES string of the molecule is N=CC(C=N)c1ccc2c(ccc(=O)n2Cc2ccc(C(O)(C(F)(F)F)C(F)(F)F)cc2)c1. The van der Waals surface area contributed by atoms with Gasteiger partial charge in [-0.3, -0.25) is 4.79 Å². The average molecular weight is 469 g/mol. The number of aromatic nitrogens is 1. The van der Waals surface area contributed by atoms with Crippen LogP contribution in [0, 0.1) is 10.8 Å². The topological polar surface area (TPSA) is 89.9 Å². The van der Waals surface area contributed by atoms with Gasteiger partial charge in [0, 0.05) is 24.1 Å². The second kappa shape index (κ2) is 8.47. The number of hydrogen-bond donors (Lipinski definition) is 3. The lowest BCUT2D eigenvalue weighted by molar-refractivity contribution is -0.376. The maximum atomic E-state index is 13.1. The number of aliphatic hydroxyl groups is 1. The van der Waals surface area contributed by atoms with E-state index in [9.17, 15) is 36.2 Å². The Kier molecular flexibility index (Phi) is 6.20. The molecular weight excluding hydrogens is 452 g/mol. The van der Waals surface area contributed by atoms with Crippen LogP contribution in [0.3, 0.4) is 0 Å². The van der Waals surface area contributed by atoms with E-state index in [1.807, 2.05) is 0 Å². The van der Waals surface area contributed by atoms with Crippen LogP contribution in [-0.2, 0) is 12.1 Å². The molecule has 2 aromatic carbocycles. The molecule has 5 nitrogen and oxygen atoms in total. The fourth-order valence-corrected chi connectivity index (χ4v) is 3.46. The quantitative estimate of drug-likeness (QED) is 0.360. The van der Waals surface area contributed by atoms with Crippen LogP contribution in [0.25, 0.3) is 10.9 Å². The van der Waals surface area contributed by atoms with Crippen LogP contribution in [0.4, 0.5) is 26.3 Å². The van der Waals surface area contributed by atoms with E-state index in [2.05, 4.69) is 0 Å². The van der Waals surface area contributed by atoms with Gasteiger partial charge in [0.15, 0.2) is 0 Å². The van der Waals surface area contributed by atoms with Crippen molar-refractivity contribution in [2.45, 2.75) is 30.4 Å². The van der Waals surface area contributed by atoms with Crippen molar-refractivity contribution in [3.8, 4) is 0 Å². The van der Waals surface area contributed by atoms with E-state index in [4.69, 9.17) is 10.8 Å². The standard InChI is InChI=1S/C22H17F6N3O2/c23-21(24,25)20(33,22(26,27)28)17-5-1-13(2-6-17)12-31-18-7-3-14(16(10-29)11-30)9-15(18)4-8-19(31)32/h1-11,16,29-30,33H,12H2. The molecule has 11 heteroatoms. The molecule has 0 spiro atoms. The van der Waals surface area contributed by atoms with Gasteiger partial charge in [0.1, 0.15) is 0 Å². The van der Waals surface area contributed by atoms with Gasteiger partial charge in [0.05, 0.1) is 18.0 Å². The van der Waals surface area contributed by atoms with Crippen molar-refractivity contribution >= 4 is 23.3 Å². The first-order valence-corrected chi connectivity index (χ1v) is 9.43. The summed E-state index contributed by atoms with van der Waals surface area (Å²) in [5.41, 5.74) is -5.53. The fraction of sp³-hybridized carbons (Fsp3) is 0.227. The smallest absolute Gasteiger partial charge is 0.369 e. The minimum atomic E-state index is -5.98. The van der Waals surface area contributed by atoms with E-state index >= 15 is 0 Å². The van der Waals surface area contributed by atoms with E-state index in [1.54, 1.807) is 24.3 Å². The molecule has 0 fully saturated rings. The molecule has 3 aromatic rings. The third-order valence-electron chi connectivity index (χ3n) is 5.29. The van der Waals surface area contributed by atoms with Crippen LogP contribution in [0.2, 0.25) is 0 Å². The summed E-state index contributed by atoms with van der Waals surface area (Å²) in [7, 11) is 0. The number of benzene rings is 2. The largest absolute Gasteiger partial charge is 0.430 e. The molecule has 1 heterocycles. The minimum Gasteiger partial charge on any atom is -0.369 e. The second-order valence-corrected chi connectivity index (χ2v) is 7.34. The predicted octanol–water partition coefficient (Wildman–Crippen LogP) is 4.74. The Morgan fingerprint density at radius 2 is 1.45 bits per heavy atom. The number of fused-ring (bicyclic) bond motifs is 1. The van der Waals surface area contributed by atoms with Crippen LogP contribution >= 0.6 is 0 Å². The first-order valence-electron chi connectivity index (χ1n) is 9.43. The molecule has 0 radical (unpaired) electrons. The fourth-order valence-electron chi connectivity index (χ4n) is 3.46. The zero-order valence-corrected chi connectivity index (χ0v) is 16.7. The molecule has 0 saturated carbocycles. The molecule has 0 aliphatic heterocycles. The number of nitrogens with one attached hydrogen (secondary N) is 2. The summed E-state index contributed by atoms with van der Waals surface area (Å²) in [5, 5.41) is 24.9. The maximum absolute atomic E-state index is 13.1. The van der Waals surface area contributed by atoms with Crippen molar-refractivity contribution in [3.63, 3.8) is 0 Å². The van der Waals surface area contributed by atoms with Gasteiger partial charge in [0.25, 0.3) is 11.2 Å². The Hall–Kier alpha value is -3.47. The zero-order valence-electron chi connectivity index (χ0n) is 16.7. The molecule has 0 unspecified atom stereocenters. The molecule has 0 aliphatic rings. The van der Waals surface area contributed by atoms with E-state index in [0.29, 0.717) is 28.6 Å². The molecule has 0 amide bonds. The van der Waals surface area contributed by atoms with Crippen molar-refractivity contribution in [3.05, 3.63) is 81.6 Å². The molecule has 0 saturated heterocycles. The molecular formula is C22H17F6N3O2. The lowest BCUT2D eigenvalue weighted by Gasteiger charge is -2.32. The third-order valence-corrected chi connectivity index (χ3v) is 5.29. The van der Waals surface area contributed by atoms with Gasteiger partial charge in [-0.15, -0.1) is 0 Å². The highest BCUT2D eigenvalue weighted by molar-refractivity contribution is 5.90. The Balaban J connectivity index is 2.01. The summed E-state index contributed by atoms with van der Waals surface area (Å²) in [6, 6.07) is 10.7. The number of rotatable bonds is 6. The highest BCUT2D eigenvalue weighted by Gasteiger charge is 2.71. The first-order chi connectivity index (χ1) is 15.3. The summed E-state index contributed by atoms with van der Waals surface area (Å²) >= 11 is 0. The normalized spacial score (nSPS) is 13.7. The highest BCUT2D eigenvalue weighted by Crippen LogP contribution is 2.49. The Morgan fingerprint density at radius 1 is 0.879 bits per heavy atom. The van der Waals surface area contributed by atoms with E-state index in [0.717, 1.165) is 24.6 Å². The molecule has 33 heavy (non-hydrogen) atoms. The molecule has 3 N–H and O–H groups in total. The van der Waals surface area contributed by atoms with Gasteiger partial charge in [-0.05, 0) is 34.7 Å². The summed E-state index contributed by atoms with van der Waals surface area (Å²) < 4.78 is 79.6. The van der Waals surface area contributed by atoms with Crippen LogP contribution in [0.5, 0.6) is 0 Å². The van der Waals surface area contributed by atoms with Crippen molar-refractivity contribution in [2.75, 3.05) is 0 Å². The molecule has 1 aromatic heterocycles. The summed E-state index contributed by atoms with van der Waals surface area (Å²) in [5.74, 6) is -0.552. The minimum absolute atomic E-state index is 0.148. The molecule has 3 rings (SSSR count). The van der Waals surface area contributed by atoms with Crippen LogP contribution in [-0.4, -0.2) is 34.5 Å². The van der Waals surface area contributed by atoms with E-state index < -0.39 is 35.0 Å². The van der Waals surface area contributed by atoms with Crippen molar-refractivity contribution in [1.29, 1.82) is 10.8 Å². The summed E-state index contributed by atoms with van der Waals surface area (Å²) in [6.45, 7) is -0.148. The number of pyridine rings is 1. The Morgan fingerprint density at radius 3 is 1.97 bits per heavy atom. The van der Waals surface area contributed by atoms with Crippen molar-refractivity contribution < 1.29 is 31.4 Å². The van der Waals surface area contributed by atoms with Crippen LogP contribution in [0.15, 0.2) is 59.4 Å². The first kappa shape index (κ1) is 24.2. The number of nitrogens with zero attached hydrogens (tertiary/aromatic N) is 1. The van der Waals surface area contributed by atoms with E-state index in [-0.39, 0.29) is 12.1 Å². The van der Waals surface area contributed by atoms with Crippen molar-refractivity contribution in [2.24, 2.45) is 0 Å². The van der Waals surface area contributed by atoms with Gasteiger partial charge in [-0.2, -0.15) is 26.3 Å². The molecule has 174 valence electrons. The van der Waals surface area contributed by atoms with E-state index in [1.165, 1.54) is 10.6 Å². The Bertz CT molecular complexity index is 1220. The molecule has 0 atom stereocenters. The number of alkyl halides is 6. The van der Waals surface area contributed by atoms with Gasteiger partial charge in [0.2, 0.25) is 0 Å². The van der Waals surface area contributed by atoms with Gasteiger partial charge >= 0.3 is 12.4 Å². The monoisotopic (exact) mass is 469 g/mol. The zero-order chi connectivity index (χ0) is 24.6. The number of halogens is 6. The molecule has 0 bridgehead atoms. The van der Waals surface area contributed by atoms with Gasteiger partial charge in [-0.25, -0.2) is 0 Å². The average Bonchev–Trinajstić information content (AvgIpc) is 2.75. The van der Waals surface area contributed by atoms with Gasteiger partial charge in [-0.1, -0.05) is 30.3 Å². The van der Waals surface area contributed by atoms with Crippen LogP contribution < -0.4 is 5.56 Å². The Labute approximate surface area is 182 Å². The number of hydrogen-bond acceptors (Lipinski definition) is 4. The lowest BCUT2D eigenvalue weighted by Crippen LogP contribution is -2.53. The van der Waals surface area contributed by atoms with Crippen molar-refractivity contribution in [1.82, 2.24) is 4.57 Å². The third kappa shape index (κ3) is 4.28. The lowest BCUT2D eigenvalue weighted by atomic mass is 9.91. The second-order valence-electron chi connectivity index (χ2n) is 7.34. The highest BCUT2D eigenvalue weighted by atomic mass is 19.4. The summed E-state index contributed by atoms with van der Waals surface area (Å²) in [4.78, 5) is 12.4. The summed E-state index contributed by atoms with van der Waals surface area (Å²) in [6.07, 6.45) is -9.81. The maximum Gasteiger partial charge on any atom is 0.430 e. The predicted molar refractivity (Wildman–Crippen MR) is 110 cm³/mol.